The van der Waals surface area contributed by atoms with Crippen molar-refractivity contribution in [1.82, 2.24) is 4.98 Å². The highest BCUT2D eigenvalue weighted by atomic mass is 16.1. The Bertz CT molecular complexity index is 884. The summed E-state index contributed by atoms with van der Waals surface area (Å²) in [6, 6.07) is 9.91. The van der Waals surface area contributed by atoms with Crippen molar-refractivity contribution in [3.05, 3.63) is 53.9 Å². The van der Waals surface area contributed by atoms with E-state index < -0.39 is 0 Å². The van der Waals surface area contributed by atoms with Gasteiger partial charge in [-0.05, 0) is 42.9 Å². The van der Waals surface area contributed by atoms with Crippen LogP contribution in [0.5, 0.6) is 0 Å². The van der Waals surface area contributed by atoms with Crippen LogP contribution in [0.15, 0.2) is 47.7 Å². The molecule has 126 valence electrons. The van der Waals surface area contributed by atoms with Crippen LogP contribution in [-0.4, -0.2) is 16.9 Å². The second-order valence-corrected chi connectivity index (χ2v) is 6.15. The number of nitrogens with two attached hydrogens (primary N) is 2. The molecule has 0 unspecified atom stereocenters. The zero-order chi connectivity index (χ0) is 17.8. The summed E-state index contributed by atoms with van der Waals surface area (Å²) in [6.07, 6.45) is 5.57. The predicted octanol–water partition coefficient (Wildman–Crippen LogP) is 2.41. The highest BCUT2D eigenvalue weighted by Gasteiger charge is 2.37. The van der Waals surface area contributed by atoms with Gasteiger partial charge in [0.2, 0.25) is 0 Å². The number of benzene rings is 1. The number of guanidine groups is 1. The molecule has 1 aromatic carbocycles. The van der Waals surface area contributed by atoms with Crippen molar-refractivity contribution in [3.63, 3.8) is 0 Å². The van der Waals surface area contributed by atoms with Crippen LogP contribution in [0.3, 0.4) is 0 Å². The molecule has 0 aliphatic heterocycles. The first-order valence-corrected chi connectivity index (χ1v) is 8.20. The third-order valence-corrected chi connectivity index (χ3v) is 4.19. The van der Waals surface area contributed by atoms with Crippen molar-refractivity contribution in [2.45, 2.75) is 25.7 Å². The quantitative estimate of drug-likeness (QED) is 0.511. The molecule has 1 aromatic heterocycles. The van der Waals surface area contributed by atoms with Gasteiger partial charge in [-0.3, -0.25) is 9.78 Å². The van der Waals surface area contributed by atoms with E-state index in [0.717, 1.165) is 35.1 Å². The monoisotopic (exact) mass is 332 g/mol. The van der Waals surface area contributed by atoms with Gasteiger partial charge >= 0.3 is 0 Å². The molecule has 1 saturated carbocycles. The Labute approximate surface area is 147 Å². The molecular weight excluding hydrogens is 312 g/mol. The molecule has 0 saturated heterocycles. The number of pyridine rings is 1. The minimum absolute atomic E-state index is 0.193. The van der Waals surface area contributed by atoms with Gasteiger partial charge in [-0.15, -0.1) is 5.92 Å². The summed E-state index contributed by atoms with van der Waals surface area (Å²) in [6.45, 7) is 1.79. The van der Waals surface area contributed by atoms with Crippen LogP contribution in [0.25, 0.3) is 11.1 Å². The molecule has 2 aromatic rings. The summed E-state index contributed by atoms with van der Waals surface area (Å²) in [4.78, 5) is 20.5. The Hall–Kier alpha value is -3.13. The highest BCUT2D eigenvalue weighted by Crippen LogP contribution is 2.44. The van der Waals surface area contributed by atoms with Gasteiger partial charge in [0.1, 0.15) is 0 Å². The number of aromatic nitrogens is 1. The number of carbonyl (C=O) groups excluding carboxylic acids is 1. The molecule has 1 amide bonds. The Morgan fingerprint density at radius 1 is 1.24 bits per heavy atom. The number of hydrogen-bond acceptors (Lipinski definition) is 2. The van der Waals surface area contributed by atoms with Crippen molar-refractivity contribution in [3.8, 4) is 23.0 Å². The lowest BCUT2D eigenvalue weighted by molar-refractivity contribution is -0.119. The second-order valence-electron chi connectivity index (χ2n) is 6.15. The number of hydrogen-bond donors (Lipinski definition) is 2. The Kier molecular flexibility index (Phi) is 4.80. The fourth-order valence-electron chi connectivity index (χ4n) is 2.96. The van der Waals surface area contributed by atoms with Crippen LogP contribution in [-0.2, 0) is 4.79 Å². The lowest BCUT2D eigenvalue weighted by atomic mass is 9.91. The number of amides is 1. The Morgan fingerprint density at radius 2 is 2.04 bits per heavy atom. The first-order chi connectivity index (χ1) is 12.1. The second kappa shape index (κ2) is 7.18. The molecular formula is C20H20N4O. The van der Waals surface area contributed by atoms with Crippen LogP contribution in [0.2, 0.25) is 0 Å². The normalized spacial score (nSPS) is 14.1. The minimum Gasteiger partial charge on any atom is -0.370 e. The lowest BCUT2D eigenvalue weighted by Gasteiger charge is -2.14. The topological polar surface area (TPSA) is 94.4 Å². The summed E-state index contributed by atoms with van der Waals surface area (Å²) >= 11 is 0. The van der Waals surface area contributed by atoms with Crippen LogP contribution < -0.4 is 11.5 Å². The first kappa shape index (κ1) is 16.7. The van der Waals surface area contributed by atoms with E-state index in [0.29, 0.717) is 5.92 Å². The van der Waals surface area contributed by atoms with Gasteiger partial charge < -0.3 is 11.5 Å². The molecule has 1 aliphatic carbocycles. The minimum atomic E-state index is -0.298. The molecule has 3 rings (SSSR count). The summed E-state index contributed by atoms with van der Waals surface area (Å²) in [5, 5.41) is 0. The molecule has 0 bridgehead atoms. The number of rotatable bonds is 4. The Morgan fingerprint density at radius 3 is 2.72 bits per heavy atom. The van der Waals surface area contributed by atoms with Gasteiger partial charge in [-0.1, -0.05) is 30.2 Å². The van der Waals surface area contributed by atoms with Crippen molar-refractivity contribution in [2.24, 2.45) is 22.4 Å². The third-order valence-electron chi connectivity index (χ3n) is 4.19. The molecule has 0 spiro atoms. The lowest BCUT2D eigenvalue weighted by Crippen LogP contribution is -2.26. The molecule has 5 nitrogen and oxygen atoms in total. The van der Waals surface area contributed by atoms with Crippen molar-refractivity contribution >= 4 is 11.9 Å². The molecule has 4 N–H and O–H groups in total. The largest absolute Gasteiger partial charge is 0.370 e. The summed E-state index contributed by atoms with van der Waals surface area (Å²) in [5.41, 5.74) is 14.5. The van der Waals surface area contributed by atoms with E-state index in [-0.39, 0.29) is 17.8 Å². The van der Waals surface area contributed by atoms with Crippen LogP contribution >= 0.6 is 0 Å². The van der Waals surface area contributed by atoms with Crippen molar-refractivity contribution < 1.29 is 4.79 Å². The summed E-state index contributed by atoms with van der Waals surface area (Å²) in [5.74, 6) is 5.43. The van der Waals surface area contributed by atoms with E-state index >= 15 is 0 Å². The van der Waals surface area contributed by atoms with Gasteiger partial charge in [0.15, 0.2) is 5.96 Å². The zero-order valence-electron chi connectivity index (χ0n) is 14.1. The SMILES string of the molecule is CC#Cc1cncc(-c2cccc([C@@H](C(=O)N=C(N)N)C3CC3)c2)c1. The summed E-state index contributed by atoms with van der Waals surface area (Å²) < 4.78 is 0. The number of aliphatic imine (C=N–C) groups is 1. The zero-order valence-corrected chi connectivity index (χ0v) is 14.1. The molecule has 1 atom stereocenters. The van der Waals surface area contributed by atoms with Gasteiger partial charge in [0.05, 0.1) is 5.92 Å². The van der Waals surface area contributed by atoms with Crippen molar-refractivity contribution in [2.75, 3.05) is 0 Å². The maximum absolute atomic E-state index is 12.4. The molecule has 1 heterocycles. The van der Waals surface area contributed by atoms with Gasteiger partial charge in [0.25, 0.3) is 5.91 Å². The van der Waals surface area contributed by atoms with Crippen LogP contribution in [0.4, 0.5) is 0 Å². The van der Waals surface area contributed by atoms with Gasteiger partial charge in [-0.2, -0.15) is 4.99 Å². The fourth-order valence-corrected chi connectivity index (χ4v) is 2.96. The summed E-state index contributed by atoms with van der Waals surface area (Å²) in [7, 11) is 0. The van der Waals surface area contributed by atoms with Gasteiger partial charge in [0, 0.05) is 23.5 Å². The molecule has 0 radical (unpaired) electrons. The van der Waals surface area contributed by atoms with E-state index in [1.54, 1.807) is 19.3 Å². The predicted molar refractivity (Wildman–Crippen MR) is 98.5 cm³/mol. The number of nitrogens with zero attached hydrogens (tertiary/aromatic N) is 2. The Balaban J connectivity index is 1.97. The van der Waals surface area contributed by atoms with E-state index in [4.69, 9.17) is 11.5 Å². The standard InChI is InChI=1S/C20H20N4O/c1-2-4-13-9-17(12-23-11-13)15-5-3-6-16(10-15)18(14-7-8-14)19(25)24-20(21)22/h3,5-6,9-12,14,18H,7-8H2,1H3,(H4,21,22,24,25)/t18-/m0/s1. The molecule has 25 heavy (non-hydrogen) atoms. The highest BCUT2D eigenvalue weighted by molar-refractivity contribution is 5.95. The molecule has 5 heteroatoms. The maximum atomic E-state index is 12.4. The number of carbonyl (C=O) groups is 1. The fraction of sp³-hybridized carbons (Fsp3) is 0.250. The maximum Gasteiger partial charge on any atom is 0.256 e. The van der Waals surface area contributed by atoms with Crippen LogP contribution in [0.1, 0.15) is 36.8 Å². The average Bonchev–Trinajstić information content (AvgIpc) is 3.40. The van der Waals surface area contributed by atoms with E-state index in [1.807, 2.05) is 30.3 Å². The third kappa shape index (κ3) is 4.04. The van der Waals surface area contributed by atoms with Crippen molar-refractivity contribution in [1.29, 1.82) is 0 Å². The molecule has 1 fully saturated rings. The average molecular weight is 332 g/mol. The van der Waals surface area contributed by atoms with E-state index in [2.05, 4.69) is 21.8 Å². The molecule has 1 aliphatic rings. The smallest absolute Gasteiger partial charge is 0.256 e. The van der Waals surface area contributed by atoms with E-state index in [1.165, 1.54) is 0 Å². The van der Waals surface area contributed by atoms with E-state index in [9.17, 15) is 4.79 Å². The first-order valence-electron chi connectivity index (χ1n) is 8.20. The van der Waals surface area contributed by atoms with Gasteiger partial charge in [-0.25, -0.2) is 0 Å². The van der Waals surface area contributed by atoms with Crippen LogP contribution in [0, 0.1) is 17.8 Å².